The summed E-state index contributed by atoms with van der Waals surface area (Å²) >= 11 is 0. The molecule has 6 heteroatoms. The van der Waals surface area contributed by atoms with Crippen molar-refractivity contribution in [3.63, 3.8) is 0 Å². The Bertz CT molecular complexity index is 438. The van der Waals surface area contributed by atoms with E-state index in [9.17, 15) is 4.79 Å². The molecule has 0 saturated carbocycles. The summed E-state index contributed by atoms with van der Waals surface area (Å²) in [6.45, 7) is 1.18. The zero-order chi connectivity index (χ0) is 15.3. The molecule has 116 valence electrons. The monoisotopic (exact) mass is 293 g/mol. The number of carbonyl (C=O) groups is 1. The van der Waals surface area contributed by atoms with Crippen LogP contribution in [0.15, 0.2) is 10.2 Å². The summed E-state index contributed by atoms with van der Waals surface area (Å²) in [5.41, 5.74) is -0.390. The van der Waals surface area contributed by atoms with Gasteiger partial charge in [0.2, 0.25) is 5.91 Å². The highest BCUT2D eigenvalue weighted by Gasteiger charge is 2.41. The van der Waals surface area contributed by atoms with Crippen LogP contribution in [0.3, 0.4) is 0 Å². The Balaban J connectivity index is 1.83. The van der Waals surface area contributed by atoms with Gasteiger partial charge in [-0.15, -0.1) is 12.3 Å². The van der Waals surface area contributed by atoms with Gasteiger partial charge in [-0.05, 0) is 6.42 Å². The third kappa shape index (κ3) is 4.02. The highest BCUT2D eigenvalue weighted by molar-refractivity contribution is 5.77. The number of nitrogens with zero attached hydrogens (tertiary/aromatic N) is 3. The Hall–Kier alpha value is -1.45. The number of rotatable bonds is 8. The molecule has 0 aliphatic carbocycles. The lowest BCUT2D eigenvalue weighted by Gasteiger charge is -2.24. The van der Waals surface area contributed by atoms with Gasteiger partial charge in [-0.1, -0.05) is 0 Å². The van der Waals surface area contributed by atoms with Crippen molar-refractivity contribution in [1.29, 1.82) is 0 Å². The average Bonchev–Trinajstić information content (AvgIpc) is 3.15. The van der Waals surface area contributed by atoms with Crippen LogP contribution >= 0.6 is 0 Å². The zero-order valence-corrected chi connectivity index (χ0v) is 12.7. The first-order chi connectivity index (χ1) is 10.1. The molecule has 0 bridgehead atoms. The van der Waals surface area contributed by atoms with Crippen molar-refractivity contribution in [3.8, 4) is 12.3 Å². The lowest BCUT2D eigenvalue weighted by molar-refractivity contribution is -0.133. The molecule has 0 aromatic heterocycles. The molecule has 6 nitrogen and oxygen atoms in total. The van der Waals surface area contributed by atoms with Crippen LogP contribution in [0.5, 0.6) is 0 Å². The van der Waals surface area contributed by atoms with E-state index in [1.165, 1.54) is 0 Å². The molecule has 2 rings (SSSR count). The fourth-order valence-corrected chi connectivity index (χ4v) is 2.82. The highest BCUT2D eigenvalue weighted by atomic mass is 16.5. The van der Waals surface area contributed by atoms with Gasteiger partial charge in [0.1, 0.15) is 0 Å². The average molecular weight is 293 g/mol. The van der Waals surface area contributed by atoms with Gasteiger partial charge in [0.25, 0.3) is 0 Å². The predicted octanol–water partition coefficient (Wildman–Crippen LogP) is 1.60. The predicted molar refractivity (Wildman–Crippen MR) is 77.7 cm³/mol. The normalized spacial score (nSPS) is 25.9. The number of terminal acetylenes is 1. The second-order valence-corrected chi connectivity index (χ2v) is 5.64. The number of ether oxygens (including phenoxy) is 2. The SMILES string of the molecule is C#CCCC1(CCC(=O)N2C[C@H](OC)C[C@H]2COC)N=N1. The molecule has 2 heterocycles. The van der Waals surface area contributed by atoms with E-state index >= 15 is 0 Å². The van der Waals surface area contributed by atoms with Gasteiger partial charge in [-0.25, -0.2) is 0 Å². The maximum atomic E-state index is 12.4. The lowest BCUT2D eigenvalue weighted by atomic mass is 10.0. The minimum absolute atomic E-state index is 0.0970. The topological polar surface area (TPSA) is 63.5 Å². The van der Waals surface area contributed by atoms with Crippen LogP contribution in [-0.2, 0) is 14.3 Å². The van der Waals surface area contributed by atoms with E-state index in [-0.39, 0.29) is 23.7 Å². The summed E-state index contributed by atoms with van der Waals surface area (Å²) in [6, 6.07) is 0.0992. The van der Waals surface area contributed by atoms with E-state index in [0.29, 0.717) is 32.4 Å². The van der Waals surface area contributed by atoms with Crippen LogP contribution in [-0.4, -0.2) is 56.0 Å². The molecule has 21 heavy (non-hydrogen) atoms. The van der Waals surface area contributed by atoms with Gasteiger partial charge >= 0.3 is 0 Å². The molecule has 0 aromatic rings. The first-order valence-corrected chi connectivity index (χ1v) is 7.33. The number of hydrogen-bond acceptors (Lipinski definition) is 5. The standard InChI is InChI=1S/C15H23N3O3/c1-4-5-7-15(16-17-15)8-6-14(19)18-10-13(21-3)9-12(18)11-20-2/h1,12-13H,5-11H2,2-3H3/t12-,13+/m0/s1. The van der Waals surface area contributed by atoms with Crippen molar-refractivity contribution in [2.45, 2.75) is 49.9 Å². The van der Waals surface area contributed by atoms with Crippen molar-refractivity contribution in [2.24, 2.45) is 10.2 Å². The summed E-state index contributed by atoms with van der Waals surface area (Å²) in [7, 11) is 3.33. The molecule has 2 atom stereocenters. The first-order valence-electron chi connectivity index (χ1n) is 7.33. The molecule has 0 spiro atoms. The van der Waals surface area contributed by atoms with Crippen LogP contribution in [0.2, 0.25) is 0 Å². The van der Waals surface area contributed by atoms with Crippen molar-refractivity contribution in [1.82, 2.24) is 4.90 Å². The van der Waals surface area contributed by atoms with E-state index < -0.39 is 0 Å². The molecule has 1 amide bonds. The summed E-state index contributed by atoms with van der Waals surface area (Å²) in [4.78, 5) is 14.3. The molecule has 2 aliphatic rings. The van der Waals surface area contributed by atoms with Gasteiger partial charge in [-0.3, -0.25) is 4.79 Å². The minimum Gasteiger partial charge on any atom is -0.383 e. The summed E-state index contributed by atoms with van der Waals surface area (Å²) < 4.78 is 10.6. The summed E-state index contributed by atoms with van der Waals surface area (Å²) in [5, 5.41) is 8.13. The molecular weight excluding hydrogens is 270 g/mol. The van der Waals surface area contributed by atoms with Crippen LogP contribution in [0.25, 0.3) is 0 Å². The summed E-state index contributed by atoms with van der Waals surface area (Å²) in [6.07, 6.45) is 8.64. The van der Waals surface area contributed by atoms with E-state index in [1.807, 2.05) is 4.90 Å². The van der Waals surface area contributed by atoms with E-state index in [2.05, 4.69) is 16.1 Å². The van der Waals surface area contributed by atoms with Crippen LogP contribution in [0.1, 0.15) is 32.1 Å². The molecule has 1 saturated heterocycles. The number of methoxy groups -OCH3 is 2. The van der Waals surface area contributed by atoms with Gasteiger partial charge < -0.3 is 14.4 Å². The maximum Gasteiger partial charge on any atom is 0.223 e. The molecule has 0 radical (unpaired) electrons. The largest absolute Gasteiger partial charge is 0.383 e. The summed E-state index contributed by atoms with van der Waals surface area (Å²) in [5.74, 6) is 2.71. The second kappa shape index (κ2) is 7.01. The van der Waals surface area contributed by atoms with Gasteiger partial charge in [0.05, 0.1) is 18.8 Å². The van der Waals surface area contributed by atoms with Gasteiger partial charge in [0.15, 0.2) is 5.66 Å². The molecule has 0 unspecified atom stereocenters. The Kier molecular flexibility index (Phi) is 5.32. The third-order valence-corrected chi connectivity index (χ3v) is 4.18. The van der Waals surface area contributed by atoms with Crippen molar-refractivity contribution in [3.05, 3.63) is 0 Å². The number of hydrogen-bond donors (Lipinski definition) is 0. The molecule has 0 N–H and O–H groups in total. The fraction of sp³-hybridized carbons (Fsp3) is 0.800. The third-order valence-electron chi connectivity index (χ3n) is 4.18. The zero-order valence-electron chi connectivity index (χ0n) is 12.7. The molecule has 2 aliphatic heterocycles. The van der Waals surface area contributed by atoms with Gasteiger partial charge in [0, 0.05) is 46.4 Å². The minimum atomic E-state index is -0.390. The van der Waals surface area contributed by atoms with E-state index in [4.69, 9.17) is 15.9 Å². The quantitative estimate of drug-likeness (QED) is 0.639. The van der Waals surface area contributed by atoms with Crippen molar-refractivity contribution < 1.29 is 14.3 Å². The van der Waals surface area contributed by atoms with Crippen molar-refractivity contribution in [2.75, 3.05) is 27.4 Å². The Morgan fingerprint density at radius 2 is 2.19 bits per heavy atom. The Morgan fingerprint density at radius 1 is 1.43 bits per heavy atom. The second-order valence-electron chi connectivity index (χ2n) is 5.64. The van der Waals surface area contributed by atoms with Gasteiger partial charge in [-0.2, -0.15) is 10.2 Å². The van der Waals surface area contributed by atoms with E-state index in [0.717, 1.165) is 12.8 Å². The number of likely N-dealkylation sites (tertiary alicyclic amines) is 1. The molecule has 0 aromatic carbocycles. The number of carbonyl (C=O) groups excluding carboxylic acids is 1. The molecule has 1 fully saturated rings. The lowest BCUT2D eigenvalue weighted by Crippen LogP contribution is -2.38. The van der Waals surface area contributed by atoms with E-state index in [1.54, 1.807) is 14.2 Å². The Labute approximate surface area is 125 Å². The van der Waals surface area contributed by atoms with Crippen LogP contribution in [0.4, 0.5) is 0 Å². The van der Waals surface area contributed by atoms with Crippen LogP contribution < -0.4 is 0 Å². The molecular formula is C15H23N3O3. The van der Waals surface area contributed by atoms with Crippen LogP contribution in [0, 0.1) is 12.3 Å². The smallest absolute Gasteiger partial charge is 0.223 e. The first kappa shape index (κ1) is 15.9. The number of amides is 1. The van der Waals surface area contributed by atoms with Crippen molar-refractivity contribution >= 4 is 5.91 Å². The maximum absolute atomic E-state index is 12.4. The fourth-order valence-electron chi connectivity index (χ4n) is 2.82. The Morgan fingerprint density at radius 3 is 2.76 bits per heavy atom. The highest BCUT2D eigenvalue weighted by Crippen LogP contribution is 2.38.